The van der Waals surface area contributed by atoms with Crippen LogP contribution in [0.2, 0.25) is 0 Å². The molecule has 0 atom stereocenters. The third-order valence-corrected chi connectivity index (χ3v) is 4.67. The Bertz CT molecular complexity index is 738. The fourth-order valence-electron chi connectivity index (χ4n) is 2.16. The van der Waals surface area contributed by atoms with Crippen molar-refractivity contribution in [1.29, 1.82) is 0 Å². The van der Waals surface area contributed by atoms with E-state index in [0.717, 1.165) is 61.4 Å². The van der Waals surface area contributed by atoms with Crippen molar-refractivity contribution in [2.75, 3.05) is 13.6 Å². The van der Waals surface area contributed by atoms with Gasteiger partial charge in [0.1, 0.15) is 18.3 Å². The second kappa shape index (κ2) is 13.3. The summed E-state index contributed by atoms with van der Waals surface area (Å²) < 4.78 is 14.5. The van der Waals surface area contributed by atoms with Crippen LogP contribution in [0.3, 0.4) is 0 Å². The number of amides is 3. The van der Waals surface area contributed by atoms with Gasteiger partial charge in [0, 0.05) is 7.05 Å². The molecule has 4 aliphatic rings. The van der Waals surface area contributed by atoms with Crippen LogP contribution in [0.25, 0.3) is 0 Å². The summed E-state index contributed by atoms with van der Waals surface area (Å²) in [5, 5.41) is 9.95. The molecule has 4 rings (SSSR count). The van der Waals surface area contributed by atoms with Crippen molar-refractivity contribution < 1.29 is 28.6 Å². The van der Waals surface area contributed by atoms with Crippen LogP contribution in [-0.4, -0.2) is 71.3 Å². The first-order valence-corrected chi connectivity index (χ1v) is 11.2. The third kappa shape index (κ3) is 10.5. The summed E-state index contributed by atoms with van der Waals surface area (Å²) in [6, 6.07) is 0.00810. The van der Waals surface area contributed by atoms with Gasteiger partial charge in [0.25, 0.3) is 0 Å². The van der Waals surface area contributed by atoms with Gasteiger partial charge in [0.15, 0.2) is 0 Å². The maximum Gasteiger partial charge on any atom is 0.433 e. The summed E-state index contributed by atoms with van der Waals surface area (Å²) in [5.74, 6) is 0. The van der Waals surface area contributed by atoms with Gasteiger partial charge in [0.2, 0.25) is 0 Å². The van der Waals surface area contributed by atoms with Crippen LogP contribution in [0, 0.1) is 14.7 Å². The van der Waals surface area contributed by atoms with Crippen molar-refractivity contribution in [2.45, 2.75) is 89.1 Å². The quantitative estimate of drug-likeness (QED) is 0.264. The lowest BCUT2D eigenvalue weighted by atomic mass is 10.5. The summed E-state index contributed by atoms with van der Waals surface area (Å²) in [4.78, 5) is 62.8. The maximum absolute atomic E-state index is 11.1. The van der Waals surface area contributed by atoms with Crippen molar-refractivity contribution in [3.05, 3.63) is 14.7 Å². The molecule has 190 valence electrons. The normalized spacial score (nSPS) is 17.8. The molecule has 15 nitrogen and oxygen atoms in total. The minimum Gasteiger partial charge on any atom is -0.445 e. The molecular weight excluding hydrogens is 456 g/mol. The van der Waals surface area contributed by atoms with Gasteiger partial charge < -0.3 is 14.2 Å². The standard InChI is InChI=1S/C7H10N2O3.C7H12N2O3.C5H8N2O3/c10-7(12-6-3-4-6)9(8-11)5-1-2-5;1-2-5-9(8-11)7(10)12-6-3-4-6;1-7(6-9)5(8)10-4-2-3-4/h5-6H,1-4H2;6H,2-5H2,1H3;4H,2-3H2,1H3. The van der Waals surface area contributed by atoms with E-state index in [9.17, 15) is 29.1 Å². The molecule has 0 unspecified atom stereocenters. The molecule has 0 heterocycles. The van der Waals surface area contributed by atoms with Gasteiger partial charge in [-0.15, -0.1) is 14.7 Å². The van der Waals surface area contributed by atoms with Crippen molar-refractivity contribution in [2.24, 2.45) is 15.9 Å². The SMILES string of the molecule is CCCN(N=O)C(=O)OC1CC1.CN(N=O)C(=O)OC1CC1.O=NN(C(=O)OC1CC1)C1CC1. The van der Waals surface area contributed by atoms with E-state index in [-0.39, 0.29) is 24.4 Å². The van der Waals surface area contributed by atoms with Gasteiger partial charge in [-0.2, -0.15) is 15.0 Å². The zero-order valence-electron chi connectivity index (χ0n) is 19.2. The minimum atomic E-state index is -0.669. The van der Waals surface area contributed by atoms with Crippen LogP contribution < -0.4 is 0 Å². The van der Waals surface area contributed by atoms with Crippen molar-refractivity contribution in [3.63, 3.8) is 0 Å². The van der Waals surface area contributed by atoms with Crippen LogP contribution in [-0.2, 0) is 14.2 Å². The monoisotopic (exact) mass is 486 g/mol. The predicted molar refractivity (Wildman–Crippen MR) is 116 cm³/mol. The fraction of sp³-hybridized carbons (Fsp3) is 0.842. The molecule has 0 aliphatic heterocycles. The molecule has 3 amide bonds. The average Bonchev–Trinajstić information content (AvgIpc) is 3.65. The summed E-state index contributed by atoms with van der Waals surface area (Å²) in [6.07, 6.45) is 6.12. The largest absolute Gasteiger partial charge is 0.445 e. The van der Waals surface area contributed by atoms with Gasteiger partial charge in [-0.05, 0) is 57.8 Å². The van der Waals surface area contributed by atoms with Gasteiger partial charge in [0.05, 0.1) is 28.4 Å². The Hall–Kier alpha value is -3.39. The Morgan fingerprint density at radius 3 is 1.53 bits per heavy atom. The van der Waals surface area contributed by atoms with E-state index in [0.29, 0.717) is 18.0 Å². The molecule has 0 N–H and O–H groups in total. The molecule has 0 radical (unpaired) electrons. The Morgan fingerprint density at radius 1 is 0.706 bits per heavy atom. The highest BCUT2D eigenvalue weighted by Gasteiger charge is 2.38. The van der Waals surface area contributed by atoms with Crippen molar-refractivity contribution in [1.82, 2.24) is 15.0 Å². The van der Waals surface area contributed by atoms with E-state index in [2.05, 4.69) is 15.9 Å². The fourth-order valence-corrected chi connectivity index (χ4v) is 2.16. The summed E-state index contributed by atoms with van der Waals surface area (Å²) in [5.41, 5.74) is 0. The highest BCUT2D eigenvalue weighted by molar-refractivity contribution is 5.68. The van der Waals surface area contributed by atoms with Crippen molar-refractivity contribution in [3.8, 4) is 0 Å². The molecule has 0 aromatic carbocycles. The Kier molecular flexibility index (Phi) is 10.5. The highest BCUT2D eigenvalue weighted by atomic mass is 16.6. The van der Waals surface area contributed by atoms with Crippen molar-refractivity contribution >= 4 is 18.3 Å². The molecule has 0 spiro atoms. The molecule has 34 heavy (non-hydrogen) atoms. The van der Waals surface area contributed by atoms with Gasteiger partial charge in [-0.25, -0.2) is 14.4 Å². The average molecular weight is 486 g/mol. The number of nitroso groups, excluding NO2 is 3. The summed E-state index contributed by atoms with van der Waals surface area (Å²) in [6.45, 7) is 2.19. The Balaban J connectivity index is 0.000000181. The number of carbonyl (C=O) groups excluding carboxylic acids is 3. The lowest BCUT2D eigenvalue weighted by Crippen LogP contribution is -2.28. The Morgan fingerprint density at radius 2 is 1.18 bits per heavy atom. The van der Waals surface area contributed by atoms with E-state index < -0.39 is 18.3 Å². The van der Waals surface area contributed by atoms with Crippen LogP contribution in [0.4, 0.5) is 14.4 Å². The number of hydrogen-bond donors (Lipinski definition) is 0. The van der Waals surface area contributed by atoms with Gasteiger partial charge in [-0.1, -0.05) is 6.92 Å². The van der Waals surface area contributed by atoms with E-state index in [1.807, 2.05) is 6.92 Å². The lowest BCUT2D eigenvalue weighted by molar-refractivity contribution is 0.0935. The van der Waals surface area contributed by atoms with E-state index in [4.69, 9.17) is 14.2 Å². The number of rotatable bonds is 9. The summed E-state index contributed by atoms with van der Waals surface area (Å²) in [7, 11) is 1.26. The third-order valence-electron chi connectivity index (χ3n) is 4.67. The van der Waals surface area contributed by atoms with E-state index in [1.165, 1.54) is 7.05 Å². The number of hydrogen-bond acceptors (Lipinski definition) is 12. The first-order valence-electron chi connectivity index (χ1n) is 11.2. The molecular formula is C19H30N6O9. The lowest BCUT2D eigenvalue weighted by Gasteiger charge is -2.11. The second-order valence-electron chi connectivity index (χ2n) is 8.22. The molecule has 4 saturated carbocycles. The smallest absolute Gasteiger partial charge is 0.433 e. The van der Waals surface area contributed by atoms with E-state index >= 15 is 0 Å². The minimum absolute atomic E-state index is 0.00810. The zero-order valence-corrected chi connectivity index (χ0v) is 19.2. The van der Waals surface area contributed by atoms with Gasteiger partial charge in [-0.3, -0.25) is 0 Å². The molecule has 4 aliphatic carbocycles. The van der Waals surface area contributed by atoms with Gasteiger partial charge >= 0.3 is 18.3 Å². The first-order chi connectivity index (χ1) is 16.3. The molecule has 15 heteroatoms. The van der Waals surface area contributed by atoms with Crippen LogP contribution in [0.5, 0.6) is 0 Å². The number of nitrogens with zero attached hydrogens (tertiary/aromatic N) is 6. The molecule has 0 aromatic heterocycles. The maximum atomic E-state index is 11.1. The first kappa shape index (κ1) is 26.9. The molecule has 0 aromatic rings. The molecule has 0 bridgehead atoms. The second-order valence-corrected chi connectivity index (χ2v) is 8.22. The molecule has 0 saturated heterocycles. The predicted octanol–water partition coefficient (Wildman–Crippen LogP) is 4.01. The highest BCUT2D eigenvalue weighted by Crippen LogP contribution is 2.30. The van der Waals surface area contributed by atoms with Crippen LogP contribution in [0.1, 0.15) is 64.7 Å². The molecule has 4 fully saturated rings. The number of carbonyl (C=O) groups is 3. The topological polar surface area (TPSA) is 177 Å². The van der Waals surface area contributed by atoms with E-state index in [1.54, 1.807) is 0 Å². The van der Waals surface area contributed by atoms with Crippen LogP contribution >= 0.6 is 0 Å². The zero-order chi connectivity index (χ0) is 25.1. The number of ether oxygens (including phenoxy) is 3. The Labute approximate surface area is 195 Å². The summed E-state index contributed by atoms with van der Waals surface area (Å²) >= 11 is 0. The van der Waals surface area contributed by atoms with Crippen LogP contribution in [0.15, 0.2) is 15.9 Å².